The van der Waals surface area contributed by atoms with Gasteiger partial charge in [-0.1, -0.05) is 12.1 Å². The van der Waals surface area contributed by atoms with E-state index in [4.69, 9.17) is 9.26 Å². The number of hydrogen-bond donors (Lipinski definition) is 0. The highest BCUT2D eigenvalue weighted by atomic mass is 16.5. The van der Waals surface area contributed by atoms with Crippen LogP contribution in [0.3, 0.4) is 0 Å². The molecule has 1 saturated heterocycles. The fourth-order valence-electron chi connectivity index (χ4n) is 3.19. The third-order valence-corrected chi connectivity index (χ3v) is 4.51. The highest BCUT2D eigenvalue weighted by Crippen LogP contribution is 2.29. The number of hydrogen-bond acceptors (Lipinski definition) is 4. The molecule has 23 heavy (non-hydrogen) atoms. The van der Waals surface area contributed by atoms with E-state index in [0.717, 1.165) is 37.1 Å². The van der Waals surface area contributed by atoms with Gasteiger partial charge in [-0.3, -0.25) is 4.79 Å². The van der Waals surface area contributed by atoms with Gasteiger partial charge in [0.2, 0.25) is 0 Å². The Bertz CT molecular complexity index is 663. The normalized spacial score (nSPS) is 18.0. The lowest BCUT2D eigenvalue weighted by Gasteiger charge is -2.35. The number of ether oxygens (including phenoxy) is 1. The molecule has 1 unspecified atom stereocenters. The molecule has 0 bridgehead atoms. The summed E-state index contributed by atoms with van der Waals surface area (Å²) in [6.07, 6.45) is 5.84. The van der Waals surface area contributed by atoms with Gasteiger partial charge in [0.1, 0.15) is 11.3 Å². The molecule has 5 nitrogen and oxygen atoms in total. The predicted molar refractivity (Wildman–Crippen MR) is 87.5 cm³/mol. The first-order valence-corrected chi connectivity index (χ1v) is 8.14. The van der Waals surface area contributed by atoms with E-state index in [-0.39, 0.29) is 5.91 Å². The maximum atomic E-state index is 12.9. The molecule has 1 aromatic carbocycles. The van der Waals surface area contributed by atoms with Crippen LogP contribution >= 0.6 is 0 Å². The molecular weight excluding hydrogens is 292 g/mol. The zero-order valence-corrected chi connectivity index (χ0v) is 13.6. The molecule has 2 aromatic rings. The van der Waals surface area contributed by atoms with Crippen LogP contribution < -0.4 is 4.74 Å². The smallest absolute Gasteiger partial charge is 0.259 e. The Morgan fingerprint density at radius 3 is 2.83 bits per heavy atom. The van der Waals surface area contributed by atoms with Gasteiger partial charge in [0.15, 0.2) is 5.76 Å². The average Bonchev–Trinajstić information content (AvgIpc) is 3.10. The Morgan fingerprint density at radius 1 is 1.35 bits per heavy atom. The summed E-state index contributed by atoms with van der Waals surface area (Å²) in [4.78, 5) is 14.9. The lowest BCUT2D eigenvalue weighted by molar-refractivity contribution is 0.0608. The summed E-state index contributed by atoms with van der Waals surface area (Å²) in [5.74, 6) is 1.31. The van der Waals surface area contributed by atoms with Crippen LogP contribution in [0.1, 0.15) is 43.0 Å². The van der Waals surface area contributed by atoms with Gasteiger partial charge in [-0.2, -0.15) is 0 Å². The zero-order valence-electron chi connectivity index (χ0n) is 13.6. The minimum absolute atomic E-state index is 0.0172. The molecule has 5 heteroatoms. The summed E-state index contributed by atoms with van der Waals surface area (Å²) in [5, 5.41) is 3.85. The zero-order chi connectivity index (χ0) is 16.2. The summed E-state index contributed by atoms with van der Waals surface area (Å²) in [6.45, 7) is 2.94. The number of likely N-dealkylation sites (tertiary alicyclic amines) is 1. The van der Waals surface area contributed by atoms with Crippen LogP contribution in [0.2, 0.25) is 0 Å². The van der Waals surface area contributed by atoms with E-state index in [1.54, 1.807) is 7.11 Å². The molecule has 1 fully saturated rings. The molecule has 1 aliphatic rings. The Balaban J connectivity index is 1.88. The SMILES string of the molecule is CCC1CCCCN1C(=O)c1cnoc1-c1ccc(OC)cc1. The molecule has 0 aliphatic carbocycles. The summed E-state index contributed by atoms with van der Waals surface area (Å²) >= 11 is 0. The van der Waals surface area contributed by atoms with Crippen LogP contribution in [0.15, 0.2) is 35.0 Å². The van der Waals surface area contributed by atoms with Gasteiger partial charge >= 0.3 is 0 Å². The number of nitrogens with zero attached hydrogens (tertiary/aromatic N) is 2. The molecule has 1 aliphatic heterocycles. The van der Waals surface area contributed by atoms with E-state index in [1.165, 1.54) is 12.6 Å². The van der Waals surface area contributed by atoms with Crippen molar-refractivity contribution in [3.63, 3.8) is 0 Å². The maximum absolute atomic E-state index is 12.9. The lowest BCUT2D eigenvalue weighted by Crippen LogP contribution is -2.43. The standard InChI is InChI=1S/C18H22N2O3/c1-3-14-6-4-5-11-20(14)18(21)16-12-19-23-17(16)13-7-9-15(22-2)10-8-13/h7-10,12,14H,3-6,11H2,1-2H3. The van der Waals surface area contributed by atoms with Crippen LogP contribution in [-0.4, -0.2) is 35.7 Å². The third-order valence-electron chi connectivity index (χ3n) is 4.51. The minimum atomic E-state index is 0.0172. The van der Waals surface area contributed by atoms with Crippen molar-refractivity contribution in [3.8, 4) is 17.1 Å². The highest BCUT2D eigenvalue weighted by molar-refractivity contribution is 5.99. The Labute approximate surface area is 136 Å². The van der Waals surface area contributed by atoms with Gasteiger partial charge in [-0.15, -0.1) is 0 Å². The van der Waals surface area contributed by atoms with Crippen LogP contribution in [0, 0.1) is 0 Å². The number of carbonyl (C=O) groups is 1. The maximum Gasteiger partial charge on any atom is 0.259 e. The molecule has 3 rings (SSSR count). The molecular formula is C18H22N2O3. The first-order chi connectivity index (χ1) is 11.2. The summed E-state index contributed by atoms with van der Waals surface area (Å²) in [5.41, 5.74) is 1.37. The molecule has 0 saturated carbocycles. The van der Waals surface area contributed by atoms with Gasteiger partial charge in [0.05, 0.1) is 13.3 Å². The molecule has 2 heterocycles. The van der Waals surface area contributed by atoms with E-state index in [1.807, 2.05) is 29.2 Å². The number of methoxy groups -OCH3 is 1. The van der Waals surface area contributed by atoms with Crippen molar-refractivity contribution in [1.29, 1.82) is 0 Å². The van der Waals surface area contributed by atoms with Crippen molar-refractivity contribution in [1.82, 2.24) is 10.1 Å². The number of carbonyl (C=O) groups excluding carboxylic acids is 1. The number of amides is 1. The van der Waals surface area contributed by atoms with Crippen molar-refractivity contribution >= 4 is 5.91 Å². The van der Waals surface area contributed by atoms with Crippen molar-refractivity contribution in [3.05, 3.63) is 36.0 Å². The van der Waals surface area contributed by atoms with Crippen molar-refractivity contribution in [2.45, 2.75) is 38.6 Å². The molecule has 1 amide bonds. The second-order valence-electron chi connectivity index (χ2n) is 5.85. The van der Waals surface area contributed by atoms with Crippen LogP contribution in [-0.2, 0) is 0 Å². The average molecular weight is 314 g/mol. The summed E-state index contributed by atoms with van der Waals surface area (Å²) in [7, 11) is 1.62. The number of piperidine rings is 1. The lowest BCUT2D eigenvalue weighted by atomic mass is 9.98. The fraction of sp³-hybridized carbons (Fsp3) is 0.444. The van der Waals surface area contributed by atoms with E-state index >= 15 is 0 Å². The molecule has 0 spiro atoms. The largest absolute Gasteiger partial charge is 0.497 e. The summed E-state index contributed by atoms with van der Waals surface area (Å²) < 4.78 is 10.5. The molecule has 1 aromatic heterocycles. The van der Waals surface area contributed by atoms with Crippen LogP contribution in [0.4, 0.5) is 0 Å². The highest BCUT2D eigenvalue weighted by Gasteiger charge is 2.29. The fourth-order valence-corrected chi connectivity index (χ4v) is 3.19. The van der Waals surface area contributed by atoms with Crippen LogP contribution in [0.25, 0.3) is 11.3 Å². The van der Waals surface area contributed by atoms with E-state index in [0.29, 0.717) is 17.4 Å². The van der Waals surface area contributed by atoms with Crippen molar-refractivity contribution < 1.29 is 14.1 Å². The second-order valence-corrected chi connectivity index (χ2v) is 5.85. The molecule has 0 N–H and O–H groups in total. The minimum Gasteiger partial charge on any atom is -0.497 e. The second kappa shape index (κ2) is 6.86. The van der Waals surface area contributed by atoms with Crippen molar-refractivity contribution in [2.75, 3.05) is 13.7 Å². The predicted octanol–water partition coefficient (Wildman–Crippen LogP) is 3.75. The quantitative estimate of drug-likeness (QED) is 0.862. The van der Waals surface area contributed by atoms with Gasteiger partial charge in [-0.25, -0.2) is 0 Å². The van der Waals surface area contributed by atoms with Gasteiger partial charge in [0, 0.05) is 18.2 Å². The Morgan fingerprint density at radius 2 is 2.13 bits per heavy atom. The van der Waals surface area contributed by atoms with Crippen molar-refractivity contribution in [2.24, 2.45) is 0 Å². The van der Waals surface area contributed by atoms with E-state index in [2.05, 4.69) is 12.1 Å². The molecule has 0 radical (unpaired) electrons. The molecule has 1 atom stereocenters. The number of benzene rings is 1. The van der Waals surface area contributed by atoms with Crippen LogP contribution in [0.5, 0.6) is 5.75 Å². The summed E-state index contributed by atoms with van der Waals surface area (Å²) in [6, 6.07) is 7.77. The van der Waals surface area contributed by atoms with E-state index in [9.17, 15) is 4.79 Å². The van der Waals surface area contributed by atoms with Gasteiger partial charge < -0.3 is 14.2 Å². The Kier molecular flexibility index (Phi) is 4.65. The molecule has 122 valence electrons. The number of rotatable bonds is 4. The number of aromatic nitrogens is 1. The monoisotopic (exact) mass is 314 g/mol. The first-order valence-electron chi connectivity index (χ1n) is 8.14. The Hall–Kier alpha value is -2.30. The first kappa shape index (κ1) is 15.6. The van der Waals surface area contributed by atoms with Gasteiger partial charge in [0.25, 0.3) is 5.91 Å². The van der Waals surface area contributed by atoms with E-state index < -0.39 is 0 Å². The third kappa shape index (κ3) is 3.09. The topological polar surface area (TPSA) is 55.6 Å². The van der Waals surface area contributed by atoms with Gasteiger partial charge in [-0.05, 0) is 49.9 Å².